The first kappa shape index (κ1) is 12.4. The van der Waals surface area contributed by atoms with Crippen molar-refractivity contribution >= 4 is 11.9 Å². The molecule has 0 aromatic heterocycles. The van der Waals surface area contributed by atoms with Gasteiger partial charge in [0.2, 0.25) is 5.91 Å². The average molecular weight is 241 g/mol. The lowest BCUT2D eigenvalue weighted by Crippen LogP contribution is -2.55. The van der Waals surface area contributed by atoms with E-state index in [0.29, 0.717) is 11.8 Å². The molecule has 0 aromatic rings. The Morgan fingerprint density at radius 3 is 2.59 bits per heavy atom. The zero-order chi connectivity index (χ0) is 12.6. The number of amides is 1. The molecule has 2 aliphatic rings. The highest BCUT2D eigenvalue weighted by Gasteiger charge is 2.52. The van der Waals surface area contributed by atoms with Crippen molar-refractivity contribution < 1.29 is 19.4 Å². The first-order valence-corrected chi connectivity index (χ1v) is 6.02. The predicted octanol–water partition coefficient (Wildman–Crippen LogP) is 0.638. The Hall–Kier alpha value is -1.10. The lowest BCUT2D eigenvalue weighted by Gasteiger charge is -2.25. The highest BCUT2D eigenvalue weighted by molar-refractivity contribution is 5.89. The molecule has 3 atom stereocenters. The molecule has 2 N–H and O–H groups in total. The highest BCUT2D eigenvalue weighted by Crippen LogP contribution is 2.54. The second kappa shape index (κ2) is 4.29. The zero-order valence-electron chi connectivity index (χ0n) is 10.2. The quantitative estimate of drug-likeness (QED) is 0.715. The molecule has 0 radical (unpaired) electrons. The van der Waals surface area contributed by atoms with Gasteiger partial charge >= 0.3 is 5.97 Å². The Labute approximate surface area is 101 Å². The monoisotopic (exact) mass is 241 g/mol. The first-order chi connectivity index (χ1) is 7.98. The van der Waals surface area contributed by atoms with Gasteiger partial charge in [0.1, 0.15) is 0 Å². The number of hydrogen-bond acceptors (Lipinski definition) is 3. The molecule has 0 saturated heterocycles. The van der Waals surface area contributed by atoms with Crippen molar-refractivity contribution in [3.63, 3.8) is 0 Å². The molecular weight excluding hydrogens is 222 g/mol. The van der Waals surface area contributed by atoms with Gasteiger partial charge in [-0.05, 0) is 38.0 Å². The third-order valence-corrected chi connectivity index (χ3v) is 3.71. The van der Waals surface area contributed by atoms with Crippen LogP contribution < -0.4 is 5.32 Å². The number of ether oxygens (including phenoxy) is 1. The summed E-state index contributed by atoms with van der Waals surface area (Å²) in [6.07, 6.45) is 3.37. The van der Waals surface area contributed by atoms with Crippen molar-refractivity contribution in [2.75, 3.05) is 13.7 Å². The Kier molecular flexibility index (Phi) is 3.12. The molecule has 1 amide bonds. The Bertz CT molecular complexity index is 339. The van der Waals surface area contributed by atoms with E-state index in [4.69, 9.17) is 9.84 Å². The molecule has 5 nitrogen and oxygen atoms in total. The van der Waals surface area contributed by atoms with E-state index in [-0.39, 0.29) is 18.4 Å². The van der Waals surface area contributed by atoms with Gasteiger partial charge in [0.05, 0.1) is 6.61 Å². The summed E-state index contributed by atoms with van der Waals surface area (Å²) >= 11 is 0. The number of carbonyl (C=O) groups is 2. The second-order valence-corrected chi connectivity index (χ2v) is 5.40. The summed E-state index contributed by atoms with van der Waals surface area (Å²) in [6.45, 7) is 1.46. The van der Waals surface area contributed by atoms with Crippen LogP contribution >= 0.6 is 0 Å². The molecular formula is C12H19NO4. The molecule has 96 valence electrons. The van der Waals surface area contributed by atoms with Crippen molar-refractivity contribution in [2.45, 2.75) is 31.7 Å². The number of carbonyl (C=O) groups excluding carboxylic acids is 1. The maximum atomic E-state index is 11.9. The van der Waals surface area contributed by atoms with E-state index in [1.165, 1.54) is 26.9 Å². The molecule has 5 heteroatoms. The average Bonchev–Trinajstić information content (AvgIpc) is 3.10. The Morgan fingerprint density at radius 1 is 1.47 bits per heavy atom. The predicted molar refractivity (Wildman–Crippen MR) is 60.4 cm³/mol. The molecule has 0 bridgehead atoms. The van der Waals surface area contributed by atoms with E-state index in [9.17, 15) is 9.59 Å². The summed E-state index contributed by atoms with van der Waals surface area (Å²) < 4.78 is 4.86. The number of methoxy groups -OCH3 is 1. The largest absolute Gasteiger partial charge is 0.479 e. The molecule has 0 unspecified atom stereocenters. The number of carboxylic acids is 1. The summed E-state index contributed by atoms with van der Waals surface area (Å²) in [4.78, 5) is 23.0. The van der Waals surface area contributed by atoms with E-state index in [1.807, 2.05) is 0 Å². The number of rotatable bonds is 6. The number of aliphatic carboxylic acids is 1. The van der Waals surface area contributed by atoms with E-state index < -0.39 is 11.5 Å². The van der Waals surface area contributed by atoms with Gasteiger partial charge in [-0.3, -0.25) is 4.79 Å². The smallest absolute Gasteiger partial charge is 0.331 e. The SMILES string of the molecule is COC[C@](C)(NC(=O)[C@H]1C[C@@H]1C1CC1)C(=O)O. The molecule has 2 rings (SSSR count). The van der Waals surface area contributed by atoms with Gasteiger partial charge in [0, 0.05) is 13.0 Å². The van der Waals surface area contributed by atoms with Crippen LogP contribution in [-0.4, -0.2) is 36.2 Å². The maximum absolute atomic E-state index is 11.9. The van der Waals surface area contributed by atoms with Gasteiger partial charge in [-0.15, -0.1) is 0 Å². The van der Waals surface area contributed by atoms with Gasteiger partial charge in [-0.2, -0.15) is 0 Å². The normalized spacial score (nSPS) is 30.5. The van der Waals surface area contributed by atoms with Crippen LogP contribution in [0.2, 0.25) is 0 Å². The molecule has 17 heavy (non-hydrogen) atoms. The van der Waals surface area contributed by atoms with Crippen LogP contribution in [0, 0.1) is 17.8 Å². The minimum atomic E-state index is -1.32. The van der Waals surface area contributed by atoms with Crippen LogP contribution in [0.5, 0.6) is 0 Å². The van der Waals surface area contributed by atoms with Crippen molar-refractivity contribution in [1.29, 1.82) is 0 Å². The molecule has 0 spiro atoms. The van der Waals surface area contributed by atoms with Gasteiger partial charge in [-0.25, -0.2) is 4.79 Å². The van der Waals surface area contributed by atoms with Gasteiger partial charge in [0.25, 0.3) is 0 Å². The maximum Gasteiger partial charge on any atom is 0.331 e. The Balaban J connectivity index is 1.89. The van der Waals surface area contributed by atoms with Crippen molar-refractivity contribution in [2.24, 2.45) is 17.8 Å². The van der Waals surface area contributed by atoms with E-state index >= 15 is 0 Å². The van der Waals surface area contributed by atoms with Gasteiger partial charge in [-0.1, -0.05) is 0 Å². The molecule has 0 heterocycles. The lowest BCUT2D eigenvalue weighted by atomic mass is 10.0. The van der Waals surface area contributed by atoms with Crippen molar-refractivity contribution in [3.8, 4) is 0 Å². The third kappa shape index (κ3) is 2.60. The number of carboxylic acid groups (broad SMARTS) is 1. The summed E-state index contributed by atoms with van der Waals surface area (Å²) in [6, 6.07) is 0. The van der Waals surface area contributed by atoms with Gasteiger partial charge < -0.3 is 15.2 Å². The molecule has 0 aromatic carbocycles. The number of hydrogen-bond donors (Lipinski definition) is 2. The van der Waals surface area contributed by atoms with Crippen LogP contribution in [0.25, 0.3) is 0 Å². The van der Waals surface area contributed by atoms with E-state index in [1.54, 1.807) is 0 Å². The molecule has 0 aliphatic heterocycles. The van der Waals surface area contributed by atoms with Crippen molar-refractivity contribution in [3.05, 3.63) is 0 Å². The number of nitrogens with one attached hydrogen (secondary N) is 1. The topological polar surface area (TPSA) is 75.6 Å². The zero-order valence-corrected chi connectivity index (χ0v) is 10.2. The highest BCUT2D eigenvalue weighted by atomic mass is 16.5. The van der Waals surface area contributed by atoms with Crippen molar-refractivity contribution in [1.82, 2.24) is 5.32 Å². The minimum absolute atomic E-state index is 0.0190. The minimum Gasteiger partial charge on any atom is -0.479 e. The molecule has 2 fully saturated rings. The fourth-order valence-corrected chi connectivity index (χ4v) is 2.37. The van der Waals surface area contributed by atoms with Crippen LogP contribution in [0.1, 0.15) is 26.2 Å². The van der Waals surface area contributed by atoms with Crippen LogP contribution in [-0.2, 0) is 14.3 Å². The molecule has 2 saturated carbocycles. The summed E-state index contributed by atoms with van der Waals surface area (Å²) in [5, 5.41) is 11.7. The van der Waals surface area contributed by atoms with E-state index in [2.05, 4.69) is 5.32 Å². The van der Waals surface area contributed by atoms with Gasteiger partial charge in [0.15, 0.2) is 5.54 Å². The van der Waals surface area contributed by atoms with Crippen LogP contribution in [0.3, 0.4) is 0 Å². The van der Waals surface area contributed by atoms with E-state index in [0.717, 1.165) is 6.42 Å². The standard InChI is InChI=1S/C12H19NO4/c1-12(6-17-2,11(15)16)13-10(14)9-5-8(9)7-3-4-7/h7-9H,3-6H2,1-2H3,(H,13,14)(H,15,16)/t8-,9+,12+/m1/s1. The molecule has 2 aliphatic carbocycles. The fourth-order valence-electron chi connectivity index (χ4n) is 2.37. The fraction of sp³-hybridized carbons (Fsp3) is 0.833. The van der Waals surface area contributed by atoms with Crippen LogP contribution in [0.15, 0.2) is 0 Å². The second-order valence-electron chi connectivity index (χ2n) is 5.40. The first-order valence-electron chi connectivity index (χ1n) is 6.02. The third-order valence-electron chi connectivity index (χ3n) is 3.71. The summed E-state index contributed by atoms with van der Waals surface area (Å²) in [7, 11) is 1.43. The Morgan fingerprint density at radius 2 is 2.12 bits per heavy atom. The summed E-state index contributed by atoms with van der Waals surface area (Å²) in [5.41, 5.74) is -1.32. The van der Waals surface area contributed by atoms with Crippen LogP contribution in [0.4, 0.5) is 0 Å². The lowest BCUT2D eigenvalue weighted by molar-refractivity contribution is -0.149. The summed E-state index contributed by atoms with van der Waals surface area (Å²) in [5.74, 6) is 0.0399.